The third kappa shape index (κ3) is 3.80. The Morgan fingerprint density at radius 1 is 1.12 bits per heavy atom. The highest BCUT2D eigenvalue weighted by Crippen LogP contribution is 2.28. The maximum absolute atomic E-state index is 12.7. The number of halogens is 1. The summed E-state index contributed by atoms with van der Waals surface area (Å²) < 4.78 is 38.2. The van der Waals surface area contributed by atoms with Gasteiger partial charge in [-0.15, -0.1) is 0 Å². The first-order chi connectivity index (χ1) is 12.4. The third-order valence-electron chi connectivity index (χ3n) is 4.08. The number of nitrogens with one attached hydrogen (secondary N) is 2. The highest BCUT2D eigenvalue weighted by atomic mass is 35.5. The first kappa shape index (κ1) is 18.6. The second-order valence-electron chi connectivity index (χ2n) is 5.67. The van der Waals surface area contributed by atoms with Crippen molar-refractivity contribution in [1.29, 1.82) is 0 Å². The zero-order valence-corrected chi connectivity index (χ0v) is 15.9. The van der Waals surface area contributed by atoms with Gasteiger partial charge in [-0.3, -0.25) is 0 Å². The van der Waals surface area contributed by atoms with Crippen LogP contribution in [0.5, 0.6) is 11.5 Å². The van der Waals surface area contributed by atoms with E-state index in [1.54, 1.807) is 12.1 Å². The predicted octanol–water partition coefficient (Wildman–Crippen LogP) is 3.36. The average Bonchev–Trinajstić information content (AvgIpc) is 3.03. The second-order valence-corrected chi connectivity index (χ2v) is 7.84. The Hall–Kier alpha value is -2.22. The molecule has 1 heterocycles. The molecule has 0 fully saturated rings. The van der Waals surface area contributed by atoms with Crippen LogP contribution >= 0.6 is 11.6 Å². The molecule has 3 rings (SSSR count). The third-order valence-corrected chi connectivity index (χ3v) is 5.79. The van der Waals surface area contributed by atoms with Crippen molar-refractivity contribution in [2.45, 2.75) is 11.3 Å². The van der Waals surface area contributed by atoms with Gasteiger partial charge in [0.1, 0.15) is 16.4 Å². The van der Waals surface area contributed by atoms with E-state index in [2.05, 4.69) is 9.71 Å². The van der Waals surface area contributed by atoms with Gasteiger partial charge >= 0.3 is 0 Å². The van der Waals surface area contributed by atoms with E-state index in [1.807, 2.05) is 24.4 Å². The lowest BCUT2D eigenvalue weighted by atomic mass is 10.1. The number of rotatable bonds is 7. The molecule has 0 spiro atoms. The van der Waals surface area contributed by atoms with Crippen LogP contribution in [0.4, 0.5) is 0 Å². The quantitative estimate of drug-likeness (QED) is 0.644. The molecule has 0 bridgehead atoms. The van der Waals surface area contributed by atoms with Crippen LogP contribution in [0.15, 0.2) is 47.5 Å². The molecule has 0 aliphatic rings. The summed E-state index contributed by atoms with van der Waals surface area (Å²) in [5, 5.41) is 1.62. The van der Waals surface area contributed by atoms with Crippen LogP contribution < -0.4 is 14.2 Å². The van der Waals surface area contributed by atoms with Crippen molar-refractivity contribution in [3.05, 3.63) is 53.2 Å². The van der Waals surface area contributed by atoms with Gasteiger partial charge in [0.25, 0.3) is 0 Å². The molecule has 0 saturated heterocycles. The fraction of sp³-hybridized carbons (Fsp3) is 0.222. The Kier molecular flexibility index (Phi) is 5.41. The number of sulfonamides is 1. The first-order valence-electron chi connectivity index (χ1n) is 7.92. The van der Waals surface area contributed by atoms with E-state index in [0.717, 1.165) is 16.5 Å². The van der Waals surface area contributed by atoms with Crippen LogP contribution in [0.3, 0.4) is 0 Å². The van der Waals surface area contributed by atoms with Crippen molar-refractivity contribution < 1.29 is 17.9 Å². The molecule has 0 atom stereocenters. The fourth-order valence-electron chi connectivity index (χ4n) is 2.75. The Bertz CT molecular complexity index is 1030. The van der Waals surface area contributed by atoms with Crippen LogP contribution in [0, 0.1) is 0 Å². The summed E-state index contributed by atoms with van der Waals surface area (Å²) >= 11 is 6.05. The lowest BCUT2D eigenvalue weighted by Crippen LogP contribution is -2.26. The molecule has 2 aromatic carbocycles. The monoisotopic (exact) mass is 394 g/mol. The Balaban J connectivity index is 1.77. The zero-order valence-electron chi connectivity index (χ0n) is 14.4. The summed E-state index contributed by atoms with van der Waals surface area (Å²) in [5.41, 5.74) is 1.95. The van der Waals surface area contributed by atoms with Crippen LogP contribution in [0.25, 0.3) is 10.9 Å². The predicted molar refractivity (Wildman–Crippen MR) is 102 cm³/mol. The lowest BCUT2D eigenvalue weighted by molar-refractivity contribution is 0.392. The molecule has 0 unspecified atom stereocenters. The van der Waals surface area contributed by atoms with Crippen molar-refractivity contribution in [3.8, 4) is 11.5 Å². The maximum Gasteiger partial charge on any atom is 0.244 e. The minimum Gasteiger partial charge on any atom is -0.497 e. The van der Waals surface area contributed by atoms with Crippen LogP contribution in [0.2, 0.25) is 5.02 Å². The zero-order chi connectivity index (χ0) is 18.7. The number of aromatic amines is 1. The molecule has 6 nitrogen and oxygen atoms in total. The molecule has 1 aromatic heterocycles. The van der Waals surface area contributed by atoms with Crippen molar-refractivity contribution >= 4 is 32.5 Å². The van der Waals surface area contributed by atoms with Crippen molar-refractivity contribution in [3.63, 3.8) is 0 Å². The minimum absolute atomic E-state index is 0.0429. The molecule has 8 heteroatoms. The number of aromatic nitrogens is 1. The summed E-state index contributed by atoms with van der Waals surface area (Å²) in [5.74, 6) is 0.703. The lowest BCUT2D eigenvalue weighted by Gasteiger charge is -2.12. The van der Waals surface area contributed by atoms with Gasteiger partial charge in [-0.25, -0.2) is 13.1 Å². The first-order valence-corrected chi connectivity index (χ1v) is 9.78. The van der Waals surface area contributed by atoms with Gasteiger partial charge in [-0.2, -0.15) is 0 Å². The molecule has 0 aliphatic heterocycles. The second kappa shape index (κ2) is 7.57. The molecule has 0 radical (unpaired) electrons. The van der Waals surface area contributed by atoms with Crippen LogP contribution in [-0.4, -0.2) is 34.2 Å². The van der Waals surface area contributed by atoms with E-state index >= 15 is 0 Å². The molecular formula is C18H19ClN2O4S. The maximum atomic E-state index is 12.7. The summed E-state index contributed by atoms with van der Waals surface area (Å²) in [4.78, 5) is 3.20. The largest absolute Gasteiger partial charge is 0.497 e. The Morgan fingerprint density at radius 3 is 2.65 bits per heavy atom. The minimum atomic E-state index is -3.74. The summed E-state index contributed by atoms with van der Waals surface area (Å²) in [6.07, 6.45) is 2.38. The Labute approximate surface area is 157 Å². The molecular weight excluding hydrogens is 376 g/mol. The van der Waals surface area contributed by atoms with Gasteiger partial charge in [0.2, 0.25) is 10.0 Å². The van der Waals surface area contributed by atoms with E-state index in [9.17, 15) is 8.42 Å². The summed E-state index contributed by atoms with van der Waals surface area (Å²) in [7, 11) is -0.835. The number of methoxy groups -OCH3 is 2. The Morgan fingerprint density at radius 2 is 1.92 bits per heavy atom. The molecule has 26 heavy (non-hydrogen) atoms. The molecule has 0 saturated carbocycles. The van der Waals surface area contributed by atoms with Gasteiger partial charge < -0.3 is 14.5 Å². The van der Waals surface area contributed by atoms with Gasteiger partial charge in [0, 0.05) is 34.7 Å². The SMILES string of the molecule is COc1ccc(OC)c(S(=O)(=O)NCCc2c[nH]c3ccc(Cl)cc23)c1. The van der Waals surface area contributed by atoms with Crippen LogP contribution in [0.1, 0.15) is 5.56 Å². The van der Waals surface area contributed by atoms with E-state index in [0.29, 0.717) is 17.2 Å². The van der Waals surface area contributed by atoms with Crippen molar-refractivity contribution in [2.24, 2.45) is 0 Å². The number of fused-ring (bicyclic) bond motifs is 1. The van der Waals surface area contributed by atoms with E-state index < -0.39 is 10.0 Å². The number of hydrogen-bond donors (Lipinski definition) is 2. The number of benzene rings is 2. The molecule has 3 aromatic rings. The summed E-state index contributed by atoms with van der Waals surface area (Å²) in [6, 6.07) is 10.2. The van der Waals surface area contributed by atoms with Crippen molar-refractivity contribution in [1.82, 2.24) is 9.71 Å². The number of hydrogen-bond acceptors (Lipinski definition) is 4. The van der Waals surface area contributed by atoms with E-state index in [4.69, 9.17) is 21.1 Å². The van der Waals surface area contributed by atoms with Gasteiger partial charge in [0.05, 0.1) is 14.2 Å². The smallest absolute Gasteiger partial charge is 0.244 e. The van der Waals surface area contributed by atoms with Crippen LogP contribution in [-0.2, 0) is 16.4 Å². The average molecular weight is 395 g/mol. The summed E-state index contributed by atoms with van der Waals surface area (Å²) in [6.45, 7) is 0.238. The van der Waals surface area contributed by atoms with Gasteiger partial charge in [0.15, 0.2) is 0 Å². The highest BCUT2D eigenvalue weighted by Gasteiger charge is 2.20. The fourth-order valence-corrected chi connectivity index (χ4v) is 4.14. The molecule has 0 aliphatic carbocycles. The van der Waals surface area contributed by atoms with E-state index in [-0.39, 0.29) is 17.2 Å². The standard InChI is InChI=1S/C18H19ClN2O4S/c1-24-14-4-6-17(25-2)18(10-14)26(22,23)21-8-7-12-11-20-16-5-3-13(19)9-15(12)16/h3-6,9-11,20-21H,7-8H2,1-2H3. The van der Waals surface area contributed by atoms with Gasteiger partial charge in [-0.1, -0.05) is 11.6 Å². The highest BCUT2D eigenvalue weighted by molar-refractivity contribution is 7.89. The molecule has 0 amide bonds. The topological polar surface area (TPSA) is 80.4 Å². The number of ether oxygens (including phenoxy) is 2. The molecule has 138 valence electrons. The normalized spacial score (nSPS) is 11.7. The van der Waals surface area contributed by atoms with Crippen molar-refractivity contribution in [2.75, 3.05) is 20.8 Å². The number of H-pyrrole nitrogens is 1. The van der Waals surface area contributed by atoms with E-state index in [1.165, 1.54) is 20.3 Å². The van der Waals surface area contributed by atoms with Gasteiger partial charge in [-0.05, 0) is 42.3 Å². The molecule has 2 N–H and O–H groups in total.